The molecule has 1 aromatic heterocycles. The van der Waals surface area contributed by atoms with Crippen LogP contribution in [-0.4, -0.2) is 26.2 Å². The van der Waals surface area contributed by atoms with Gasteiger partial charge < -0.3 is 5.73 Å². The Bertz CT molecular complexity index is 634. The number of hydrogen-bond donors (Lipinski definition) is 2. The third-order valence-corrected chi connectivity index (χ3v) is 3.82. The van der Waals surface area contributed by atoms with Gasteiger partial charge in [-0.05, 0) is 24.1 Å². The van der Waals surface area contributed by atoms with Gasteiger partial charge >= 0.3 is 0 Å². The second-order valence-electron chi connectivity index (χ2n) is 3.77. The molecule has 7 heteroatoms. The van der Waals surface area contributed by atoms with Gasteiger partial charge in [-0.2, -0.15) is 0 Å². The lowest BCUT2D eigenvalue weighted by atomic mass is 10.1. The minimum Gasteiger partial charge on any atom is -0.375 e. The van der Waals surface area contributed by atoms with Crippen molar-refractivity contribution >= 4 is 36.7 Å². The number of nitrogen functional groups attached to an aromatic ring is 1. The molecule has 17 heavy (non-hydrogen) atoms. The van der Waals surface area contributed by atoms with Gasteiger partial charge in [0.1, 0.15) is 0 Å². The molecule has 0 fully saturated rings. The molecule has 0 saturated heterocycles. The van der Waals surface area contributed by atoms with Crippen molar-refractivity contribution in [2.24, 2.45) is 0 Å². The minimum atomic E-state index is -3.11. The summed E-state index contributed by atoms with van der Waals surface area (Å²) in [7, 11) is -3.11. The van der Waals surface area contributed by atoms with Crippen LogP contribution in [-0.2, 0) is 16.4 Å². The largest absolute Gasteiger partial charge is 0.375 e. The predicted molar refractivity (Wildman–Crippen MR) is 70.6 cm³/mol. The molecule has 3 N–H and O–H groups in total. The fraction of sp³-hybridized carbons (Fsp3) is 0.300. The number of nitrogens with zero attached hydrogens (tertiary/aromatic N) is 1. The Morgan fingerprint density at radius 2 is 2.24 bits per heavy atom. The first-order chi connectivity index (χ1) is 7.94. The summed E-state index contributed by atoms with van der Waals surface area (Å²) < 4.78 is 25.3. The Morgan fingerprint density at radius 3 is 2.94 bits per heavy atom. The van der Waals surface area contributed by atoms with E-state index in [-0.39, 0.29) is 0 Å². The zero-order valence-electron chi connectivity index (χ0n) is 9.30. The standard InChI is InChI=1S/C10H13N3O2S2/c1-17(14,15)12-5-4-7-2-3-8-9(6-7)16-10(11)13-8/h2-3,6,12H,4-5H2,1H3,(H2,11,13). The summed E-state index contributed by atoms with van der Waals surface area (Å²) in [6, 6.07) is 5.83. The average molecular weight is 271 g/mol. The number of benzene rings is 1. The van der Waals surface area contributed by atoms with Gasteiger partial charge in [0, 0.05) is 6.54 Å². The highest BCUT2D eigenvalue weighted by atomic mass is 32.2. The number of hydrogen-bond acceptors (Lipinski definition) is 5. The molecule has 0 saturated carbocycles. The van der Waals surface area contributed by atoms with E-state index in [2.05, 4.69) is 9.71 Å². The Hall–Kier alpha value is -1.18. The summed E-state index contributed by atoms with van der Waals surface area (Å²) in [6.45, 7) is 0.401. The third-order valence-electron chi connectivity index (χ3n) is 2.25. The molecule has 5 nitrogen and oxygen atoms in total. The number of thiazole rings is 1. The molecule has 0 atom stereocenters. The van der Waals surface area contributed by atoms with Gasteiger partial charge in [0.15, 0.2) is 5.13 Å². The fourth-order valence-corrected chi connectivity index (χ4v) is 2.79. The number of nitrogens with one attached hydrogen (secondary N) is 1. The van der Waals surface area contributed by atoms with Crippen molar-refractivity contribution in [3.8, 4) is 0 Å². The zero-order chi connectivity index (χ0) is 12.5. The van der Waals surface area contributed by atoms with Gasteiger partial charge in [-0.25, -0.2) is 18.1 Å². The Balaban J connectivity index is 2.09. The Morgan fingerprint density at radius 1 is 1.47 bits per heavy atom. The maximum Gasteiger partial charge on any atom is 0.208 e. The molecule has 0 spiro atoms. The summed E-state index contributed by atoms with van der Waals surface area (Å²) >= 11 is 1.43. The maximum atomic E-state index is 10.9. The van der Waals surface area contributed by atoms with Crippen molar-refractivity contribution < 1.29 is 8.42 Å². The van der Waals surface area contributed by atoms with Crippen molar-refractivity contribution in [1.29, 1.82) is 0 Å². The molecule has 2 aromatic rings. The second-order valence-corrected chi connectivity index (χ2v) is 6.67. The Kier molecular flexibility index (Phi) is 3.32. The molecule has 2 rings (SSSR count). The van der Waals surface area contributed by atoms with E-state index < -0.39 is 10.0 Å². The number of aromatic nitrogens is 1. The van der Waals surface area contributed by atoms with Crippen molar-refractivity contribution in [2.45, 2.75) is 6.42 Å². The second kappa shape index (κ2) is 4.59. The quantitative estimate of drug-likeness (QED) is 0.867. The molecule has 0 unspecified atom stereocenters. The van der Waals surface area contributed by atoms with Crippen LogP contribution in [0.4, 0.5) is 5.13 Å². The number of nitrogens with two attached hydrogens (primary N) is 1. The zero-order valence-corrected chi connectivity index (χ0v) is 10.9. The van der Waals surface area contributed by atoms with Crippen LogP contribution in [0.25, 0.3) is 10.2 Å². The first kappa shape index (κ1) is 12.3. The fourth-order valence-electron chi connectivity index (χ4n) is 1.52. The normalized spacial score (nSPS) is 12.1. The highest BCUT2D eigenvalue weighted by Crippen LogP contribution is 2.24. The first-order valence-electron chi connectivity index (χ1n) is 5.03. The van der Waals surface area contributed by atoms with Crippen molar-refractivity contribution in [2.75, 3.05) is 18.5 Å². The topological polar surface area (TPSA) is 85.1 Å². The van der Waals surface area contributed by atoms with E-state index in [1.54, 1.807) is 0 Å². The Labute approximate surface area is 104 Å². The monoisotopic (exact) mass is 271 g/mol. The maximum absolute atomic E-state index is 10.9. The number of anilines is 1. The molecule has 0 aliphatic carbocycles. The van der Waals surface area contributed by atoms with E-state index in [4.69, 9.17) is 5.73 Å². The molecule has 0 aliphatic rings. The van der Waals surface area contributed by atoms with Crippen LogP contribution in [0, 0.1) is 0 Å². The van der Waals surface area contributed by atoms with E-state index in [0.717, 1.165) is 22.0 Å². The molecule has 0 bridgehead atoms. The van der Waals surface area contributed by atoms with Gasteiger partial charge in [0.2, 0.25) is 10.0 Å². The lowest BCUT2D eigenvalue weighted by molar-refractivity contribution is 0.588. The highest BCUT2D eigenvalue weighted by molar-refractivity contribution is 7.88. The van der Waals surface area contributed by atoms with E-state index in [9.17, 15) is 8.42 Å². The SMILES string of the molecule is CS(=O)(=O)NCCc1ccc2nc(N)sc2c1. The van der Waals surface area contributed by atoms with Gasteiger partial charge in [-0.1, -0.05) is 17.4 Å². The average Bonchev–Trinajstić information content (AvgIpc) is 2.55. The van der Waals surface area contributed by atoms with E-state index >= 15 is 0 Å². The lowest BCUT2D eigenvalue weighted by Gasteiger charge is -2.02. The molecule has 1 heterocycles. The molecule has 1 aromatic carbocycles. The summed E-state index contributed by atoms with van der Waals surface area (Å²) in [5, 5.41) is 0.548. The lowest BCUT2D eigenvalue weighted by Crippen LogP contribution is -2.24. The first-order valence-corrected chi connectivity index (χ1v) is 7.74. The van der Waals surface area contributed by atoms with Gasteiger partial charge in [-0.3, -0.25) is 0 Å². The van der Waals surface area contributed by atoms with Gasteiger partial charge in [0.05, 0.1) is 16.5 Å². The van der Waals surface area contributed by atoms with Crippen LogP contribution < -0.4 is 10.5 Å². The predicted octanol–water partition coefficient (Wildman–Crippen LogP) is 0.970. The van der Waals surface area contributed by atoms with Crippen molar-refractivity contribution in [3.05, 3.63) is 23.8 Å². The van der Waals surface area contributed by atoms with Gasteiger partial charge in [0.25, 0.3) is 0 Å². The minimum absolute atomic E-state index is 0.401. The summed E-state index contributed by atoms with van der Waals surface area (Å²) in [6.07, 6.45) is 1.81. The third kappa shape index (κ3) is 3.39. The molecular weight excluding hydrogens is 258 g/mol. The van der Waals surface area contributed by atoms with Crippen molar-refractivity contribution in [3.63, 3.8) is 0 Å². The van der Waals surface area contributed by atoms with E-state index in [0.29, 0.717) is 18.1 Å². The molecular formula is C10H13N3O2S2. The van der Waals surface area contributed by atoms with Crippen LogP contribution in [0.2, 0.25) is 0 Å². The van der Waals surface area contributed by atoms with E-state index in [1.807, 2.05) is 18.2 Å². The molecule has 0 aliphatic heterocycles. The van der Waals surface area contributed by atoms with Crippen molar-refractivity contribution in [1.82, 2.24) is 9.71 Å². The summed E-state index contributed by atoms with van der Waals surface area (Å²) in [5.74, 6) is 0. The molecule has 92 valence electrons. The number of rotatable bonds is 4. The smallest absolute Gasteiger partial charge is 0.208 e. The molecule has 0 amide bonds. The summed E-state index contributed by atoms with van der Waals surface area (Å²) in [5.41, 5.74) is 7.56. The van der Waals surface area contributed by atoms with E-state index in [1.165, 1.54) is 11.3 Å². The number of fused-ring (bicyclic) bond motifs is 1. The molecule has 0 radical (unpaired) electrons. The van der Waals surface area contributed by atoms with Gasteiger partial charge in [-0.15, -0.1) is 0 Å². The summed E-state index contributed by atoms with van der Waals surface area (Å²) in [4.78, 5) is 4.16. The van der Waals surface area contributed by atoms with Crippen LogP contribution in [0.3, 0.4) is 0 Å². The van der Waals surface area contributed by atoms with Crippen LogP contribution >= 0.6 is 11.3 Å². The van der Waals surface area contributed by atoms with Crippen LogP contribution in [0.15, 0.2) is 18.2 Å². The van der Waals surface area contributed by atoms with Crippen LogP contribution in [0.5, 0.6) is 0 Å². The number of sulfonamides is 1. The highest BCUT2D eigenvalue weighted by Gasteiger charge is 2.03. The van der Waals surface area contributed by atoms with Crippen LogP contribution in [0.1, 0.15) is 5.56 Å².